The van der Waals surface area contributed by atoms with Gasteiger partial charge in [-0.3, -0.25) is 0 Å². The molecule has 0 bridgehead atoms. The van der Waals surface area contributed by atoms with Crippen LogP contribution in [0.1, 0.15) is 77.0 Å². The summed E-state index contributed by atoms with van der Waals surface area (Å²) >= 11 is 4.91. The first kappa shape index (κ1) is 13.3. The lowest BCUT2D eigenvalue weighted by Gasteiger charge is -2.29. The molecule has 0 radical (unpaired) electrons. The van der Waals surface area contributed by atoms with Gasteiger partial charge in [0, 0.05) is 5.25 Å². The smallest absolute Gasteiger partial charge is 0.00221 e. The minimum Gasteiger partial charge on any atom is -0.176 e. The molecule has 3 rings (SSSR count). The van der Waals surface area contributed by atoms with Gasteiger partial charge >= 0.3 is 0 Å². The van der Waals surface area contributed by atoms with Crippen molar-refractivity contribution in [1.29, 1.82) is 0 Å². The van der Waals surface area contributed by atoms with Crippen LogP contribution >= 0.6 is 12.6 Å². The molecule has 0 aromatic rings. The van der Waals surface area contributed by atoms with Gasteiger partial charge in [0.15, 0.2) is 0 Å². The van der Waals surface area contributed by atoms with E-state index < -0.39 is 0 Å². The summed E-state index contributed by atoms with van der Waals surface area (Å²) < 4.78 is 0. The molecule has 3 atom stereocenters. The van der Waals surface area contributed by atoms with Crippen molar-refractivity contribution >= 4 is 12.6 Å². The minimum absolute atomic E-state index is 0.711. The van der Waals surface area contributed by atoms with Gasteiger partial charge in [0.2, 0.25) is 0 Å². The van der Waals surface area contributed by atoms with Crippen LogP contribution < -0.4 is 0 Å². The topological polar surface area (TPSA) is 0 Å². The lowest BCUT2D eigenvalue weighted by atomic mass is 9.77. The quantitative estimate of drug-likeness (QED) is 0.508. The fourth-order valence-electron chi connectivity index (χ4n) is 4.79. The molecule has 0 aromatic carbocycles. The Kier molecular flexibility index (Phi) is 4.59. The molecule has 3 fully saturated rings. The predicted octanol–water partition coefficient (Wildman–Crippen LogP) is 5.47. The molecule has 0 amide bonds. The van der Waals surface area contributed by atoms with Crippen LogP contribution in [0.4, 0.5) is 0 Å². The Balaban J connectivity index is 1.51. The van der Waals surface area contributed by atoms with E-state index in [0.29, 0.717) is 5.25 Å². The largest absolute Gasteiger partial charge is 0.176 e. The minimum atomic E-state index is 0.711. The van der Waals surface area contributed by atoms with Crippen molar-refractivity contribution in [2.75, 3.05) is 0 Å². The predicted molar refractivity (Wildman–Crippen MR) is 82.1 cm³/mol. The zero-order chi connectivity index (χ0) is 12.4. The van der Waals surface area contributed by atoms with Gasteiger partial charge in [0.05, 0.1) is 0 Å². The summed E-state index contributed by atoms with van der Waals surface area (Å²) in [6.07, 6.45) is 18.1. The van der Waals surface area contributed by atoms with Gasteiger partial charge in [-0.15, -0.1) is 0 Å². The van der Waals surface area contributed by atoms with Crippen LogP contribution in [-0.4, -0.2) is 5.25 Å². The number of thiol groups is 1. The van der Waals surface area contributed by atoms with E-state index in [4.69, 9.17) is 12.6 Å². The summed E-state index contributed by atoms with van der Waals surface area (Å²) in [5.74, 6) is 4.21. The Hall–Kier alpha value is 0.350. The van der Waals surface area contributed by atoms with E-state index in [2.05, 4.69) is 0 Å². The van der Waals surface area contributed by atoms with E-state index in [1.807, 2.05) is 0 Å². The Morgan fingerprint density at radius 1 is 0.667 bits per heavy atom. The van der Waals surface area contributed by atoms with E-state index in [1.54, 1.807) is 0 Å². The van der Waals surface area contributed by atoms with Crippen molar-refractivity contribution < 1.29 is 0 Å². The molecule has 18 heavy (non-hydrogen) atoms. The second kappa shape index (κ2) is 6.20. The van der Waals surface area contributed by atoms with Crippen LogP contribution in [0.25, 0.3) is 0 Å². The molecule has 0 heterocycles. The van der Waals surface area contributed by atoms with Crippen molar-refractivity contribution in [3.05, 3.63) is 0 Å². The first-order valence-electron chi connectivity index (χ1n) is 8.49. The SMILES string of the molecule is SC1CC(CC2CCC2)CCC(C2CCCC2)C1. The van der Waals surface area contributed by atoms with Crippen LogP contribution in [0.2, 0.25) is 0 Å². The van der Waals surface area contributed by atoms with Crippen LogP contribution in [0.3, 0.4) is 0 Å². The van der Waals surface area contributed by atoms with Gasteiger partial charge < -0.3 is 0 Å². The monoisotopic (exact) mass is 266 g/mol. The highest BCUT2D eigenvalue weighted by molar-refractivity contribution is 7.80. The van der Waals surface area contributed by atoms with Gasteiger partial charge in [-0.25, -0.2) is 0 Å². The zero-order valence-electron chi connectivity index (χ0n) is 11.8. The highest BCUT2D eigenvalue weighted by atomic mass is 32.1. The maximum absolute atomic E-state index is 4.91. The summed E-state index contributed by atoms with van der Waals surface area (Å²) in [7, 11) is 0. The van der Waals surface area contributed by atoms with Crippen LogP contribution in [0, 0.1) is 23.7 Å². The summed E-state index contributed by atoms with van der Waals surface area (Å²) in [6, 6.07) is 0. The highest BCUT2D eigenvalue weighted by Gasteiger charge is 2.32. The van der Waals surface area contributed by atoms with Crippen LogP contribution in [0.15, 0.2) is 0 Å². The molecule has 1 heteroatoms. The Labute approximate surface area is 119 Å². The van der Waals surface area contributed by atoms with Crippen molar-refractivity contribution in [3.8, 4) is 0 Å². The van der Waals surface area contributed by atoms with Crippen molar-refractivity contribution in [1.82, 2.24) is 0 Å². The second-order valence-corrected chi connectivity index (χ2v) is 8.14. The maximum Gasteiger partial charge on any atom is 0.00221 e. The normalized spacial score (nSPS) is 39.5. The maximum atomic E-state index is 4.91. The molecule has 3 aliphatic rings. The summed E-state index contributed by atoms with van der Waals surface area (Å²) in [6.45, 7) is 0. The number of hydrogen-bond acceptors (Lipinski definition) is 1. The molecular formula is C17H30S. The van der Waals surface area contributed by atoms with Crippen LogP contribution in [-0.2, 0) is 0 Å². The number of rotatable bonds is 3. The first-order chi connectivity index (χ1) is 8.81. The second-order valence-electron chi connectivity index (χ2n) is 7.41. The molecule has 3 aliphatic carbocycles. The number of hydrogen-bond donors (Lipinski definition) is 1. The van der Waals surface area contributed by atoms with Gasteiger partial charge in [-0.1, -0.05) is 51.4 Å². The van der Waals surface area contributed by atoms with Crippen molar-refractivity contribution in [3.63, 3.8) is 0 Å². The Morgan fingerprint density at radius 2 is 1.44 bits per heavy atom. The van der Waals surface area contributed by atoms with Crippen molar-refractivity contribution in [2.24, 2.45) is 23.7 Å². The summed E-state index contributed by atoms with van der Waals surface area (Å²) in [5.41, 5.74) is 0. The molecule has 104 valence electrons. The third-order valence-electron chi connectivity index (χ3n) is 6.08. The third kappa shape index (κ3) is 3.26. The van der Waals surface area contributed by atoms with E-state index in [-0.39, 0.29) is 0 Å². The van der Waals surface area contributed by atoms with Gasteiger partial charge in [-0.2, -0.15) is 12.6 Å². The van der Waals surface area contributed by atoms with Crippen LogP contribution in [0.5, 0.6) is 0 Å². The van der Waals surface area contributed by atoms with E-state index in [1.165, 1.54) is 77.0 Å². The molecule has 0 saturated heterocycles. The van der Waals surface area contributed by atoms with E-state index in [9.17, 15) is 0 Å². The third-order valence-corrected chi connectivity index (χ3v) is 6.51. The molecular weight excluding hydrogens is 236 g/mol. The Morgan fingerprint density at radius 3 is 2.11 bits per heavy atom. The molecule has 0 aliphatic heterocycles. The molecule has 0 aromatic heterocycles. The molecule has 3 unspecified atom stereocenters. The average Bonchev–Trinajstić information content (AvgIpc) is 2.75. The highest BCUT2D eigenvalue weighted by Crippen LogP contribution is 2.43. The fourth-order valence-corrected chi connectivity index (χ4v) is 5.36. The van der Waals surface area contributed by atoms with Gasteiger partial charge in [0.1, 0.15) is 0 Å². The summed E-state index contributed by atoms with van der Waals surface area (Å²) in [5, 5.41) is 0.711. The van der Waals surface area contributed by atoms with E-state index in [0.717, 1.165) is 23.7 Å². The standard InChI is InChI=1S/C17H30S/c18-17-11-14(10-13-4-3-5-13)8-9-16(12-17)15-6-1-2-7-15/h13-18H,1-12H2. The fraction of sp³-hybridized carbons (Fsp3) is 1.00. The lowest BCUT2D eigenvalue weighted by Crippen LogP contribution is -2.17. The summed E-state index contributed by atoms with van der Waals surface area (Å²) in [4.78, 5) is 0. The molecule has 0 nitrogen and oxygen atoms in total. The first-order valence-corrected chi connectivity index (χ1v) is 9.01. The molecule has 0 spiro atoms. The van der Waals surface area contributed by atoms with Crippen molar-refractivity contribution in [2.45, 2.75) is 82.3 Å². The van der Waals surface area contributed by atoms with Gasteiger partial charge in [-0.05, 0) is 49.4 Å². The molecule has 3 saturated carbocycles. The molecule has 0 N–H and O–H groups in total. The average molecular weight is 266 g/mol. The van der Waals surface area contributed by atoms with E-state index >= 15 is 0 Å². The van der Waals surface area contributed by atoms with Gasteiger partial charge in [0.25, 0.3) is 0 Å². The Bertz CT molecular complexity index is 252. The lowest BCUT2D eigenvalue weighted by molar-refractivity contribution is 0.232. The zero-order valence-corrected chi connectivity index (χ0v) is 12.7.